The van der Waals surface area contributed by atoms with Crippen molar-refractivity contribution in [1.29, 1.82) is 10.5 Å². The second-order valence-corrected chi connectivity index (χ2v) is 6.51. The number of rotatable bonds is 7. The molecule has 0 amide bonds. The van der Waals surface area contributed by atoms with E-state index in [1.807, 2.05) is 18.2 Å². The Balaban J connectivity index is 2.39. The van der Waals surface area contributed by atoms with Crippen LogP contribution in [0, 0.1) is 28.1 Å². The van der Waals surface area contributed by atoms with Crippen molar-refractivity contribution >= 4 is 19.4 Å². The van der Waals surface area contributed by atoms with Crippen molar-refractivity contribution < 1.29 is 0 Å². The van der Waals surface area contributed by atoms with E-state index in [2.05, 4.69) is 30.9 Å². The van der Waals surface area contributed by atoms with Crippen LogP contribution in [0.25, 0.3) is 0 Å². The van der Waals surface area contributed by atoms with Gasteiger partial charge in [0.05, 0.1) is 0 Å². The number of nitrogens with zero attached hydrogens (tertiary/aromatic N) is 2. The van der Waals surface area contributed by atoms with E-state index in [-0.39, 0.29) is 0 Å². The van der Waals surface area contributed by atoms with Crippen LogP contribution in [-0.4, -0.2) is 15.0 Å². The quantitative estimate of drug-likeness (QED) is 0.442. The molecule has 0 saturated heterocycles. The molecule has 0 aromatic heterocycles. The van der Waals surface area contributed by atoms with E-state index in [1.165, 1.54) is 4.46 Å². The molecule has 0 heterocycles. The van der Waals surface area contributed by atoms with Crippen molar-refractivity contribution in [3.8, 4) is 12.1 Å². The molecule has 0 aliphatic heterocycles. The molecule has 1 rings (SSSR count). The number of hydrogen-bond acceptors (Lipinski definition) is 2. The summed E-state index contributed by atoms with van der Waals surface area (Å²) in [6.45, 7) is 3.62. The fourth-order valence-electron chi connectivity index (χ4n) is 1.66. The van der Waals surface area contributed by atoms with E-state index < -0.39 is 5.41 Å². The zero-order valence-electron chi connectivity index (χ0n) is 10.3. The molecular formula is C15H16N2Se. The van der Waals surface area contributed by atoms with E-state index in [0.717, 1.165) is 11.7 Å². The molecule has 1 aromatic carbocycles. The van der Waals surface area contributed by atoms with E-state index in [1.54, 1.807) is 6.08 Å². The Morgan fingerprint density at radius 1 is 1.22 bits per heavy atom. The fraction of sp³-hybridized carbons (Fsp3) is 0.333. The third-order valence-electron chi connectivity index (χ3n) is 2.68. The van der Waals surface area contributed by atoms with Crippen LogP contribution in [-0.2, 0) is 0 Å². The average molecular weight is 303 g/mol. The molecule has 3 heteroatoms. The van der Waals surface area contributed by atoms with Gasteiger partial charge in [-0.25, -0.2) is 0 Å². The average Bonchev–Trinajstić information content (AvgIpc) is 2.43. The summed E-state index contributed by atoms with van der Waals surface area (Å²) in [5.41, 5.74) is -0.867. The Kier molecular flexibility index (Phi) is 6.23. The molecule has 0 radical (unpaired) electrons. The van der Waals surface area contributed by atoms with Gasteiger partial charge in [0.1, 0.15) is 0 Å². The SMILES string of the molecule is C=CCC(C#N)(C#N)CCC[Se]c1ccccc1. The normalized spacial score (nSPS) is 10.3. The van der Waals surface area contributed by atoms with Gasteiger partial charge in [0, 0.05) is 0 Å². The standard InChI is InChI=1S/C15H16N2Se/c1-2-9-15(12-16,13-17)10-6-11-18-14-7-4-3-5-8-14/h2-5,7-8H,1,6,9-11H2. The van der Waals surface area contributed by atoms with Crippen molar-refractivity contribution in [3.05, 3.63) is 43.0 Å². The van der Waals surface area contributed by atoms with Crippen molar-refractivity contribution in [1.82, 2.24) is 0 Å². The third-order valence-corrected chi connectivity index (χ3v) is 4.98. The Labute approximate surface area is 115 Å². The Morgan fingerprint density at radius 2 is 1.89 bits per heavy atom. The van der Waals surface area contributed by atoms with Gasteiger partial charge in [0.25, 0.3) is 0 Å². The van der Waals surface area contributed by atoms with Crippen molar-refractivity contribution in [3.63, 3.8) is 0 Å². The van der Waals surface area contributed by atoms with Gasteiger partial charge >= 0.3 is 115 Å². The summed E-state index contributed by atoms with van der Waals surface area (Å²) < 4.78 is 1.37. The molecule has 0 saturated carbocycles. The van der Waals surface area contributed by atoms with Gasteiger partial charge in [0.15, 0.2) is 0 Å². The first-order chi connectivity index (χ1) is 8.76. The molecule has 92 valence electrons. The summed E-state index contributed by atoms with van der Waals surface area (Å²) in [6, 6.07) is 14.6. The maximum atomic E-state index is 9.11. The number of benzene rings is 1. The first-order valence-corrected chi connectivity index (χ1v) is 7.94. The monoisotopic (exact) mass is 304 g/mol. The van der Waals surface area contributed by atoms with Crippen LogP contribution in [0.15, 0.2) is 43.0 Å². The van der Waals surface area contributed by atoms with Gasteiger partial charge in [-0.3, -0.25) is 0 Å². The molecule has 0 bridgehead atoms. The van der Waals surface area contributed by atoms with E-state index in [0.29, 0.717) is 27.8 Å². The fourth-order valence-corrected chi connectivity index (χ4v) is 3.49. The van der Waals surface area contributed by atoms with Gasteiger partial charge in [-0.1, -0.05) is 0 Å². The van der Waals surface area contributed by atoms with Crippen LogP contribution >= 0.6 is 0 Å². The van der Waals surface area contributed by atoms with Crippen LogP contribution in [0.4, 0.5) is 0 Å². The molecule has 0 atom stereocenters. The maximum absolute atomic E-state index is 9.11. The van der Waals surface area contributed by atoms with Crippen molar-refractivity contribution in [2.45, 2.75) is 24.6 Å². The molecule has 0 N–H and O–H groups in total. The molecule has 1 aromatic rings. The summed E-state index contributed by atoms with van der Waals surface area (Å²) in [5, 5.41) is 19.3. The number of hydrogen-bond donors (Lipinski definition) is 0. The van der Waals surface area contributed by atoms with Crippen LogP contribution in [0.1, 0.15) is 19.3 Å². The summed E-state index contributed by atoms with van der Waals surface area (Å²) >= 11 is 0.437. The van der Waals surface area contributed by atoms with E-state index in [9.17, 15) is 0 Å². The van der Waals surface area contributed by atoms with E-state index in [4.69, 9.17) is 10.5 Å². The van der Waals surface area contributed by atoms with Gasteiger partial charge in [0.2, 0.25) is 0 Å². The van der Waals surface area contributed by atoms with Crippen LogP contribution in [0.3, 0.4) is 0 Å². The zero-order valence-corrected chi connectivity index (χ0v) is 12.0. The summed E-state index contributed by atoms with van der Waals surface area (Å²) in [5.74, 6) is 0. The molecule has 0 spiro atoms. The van der Waals surface area contributed by atoms with Crippen molar-refractivity contribution in [2.75, 3.05) is 0 Å². The van der Waals surface area contributed by atoms with Crippen molar-refractivity contribution in [2.24, 2.45) is 5.41 Å². The zero-order chi connectivity index (χ0) is 13.3. The second-order valence-electron chi connectivity index (χ2n) is 4.06. The molecular weight excluding hydrogens is 287 g/mol. The molecule has 18 heavy (non-hydrogen) atoms. The van der Waals surface area contributed by atoms with Crippen LogP contribution < -0.4 is 4.46 Å². The minimum atomic E-state index is -0.867. The molecule has 0 unspecified atom stereocenters. The predicted molar refractivity (Wildman–Crippen MR) is 74.3 cm³/mol. The van der Waals surface area contributed by atoms with Gasteiger partial charge in [-0.05, 0) is 0 Å². The van der Waals surface area contributed by atoms with Gasteiger partial charge in [-0.15, -0.1) is 0 Å². The summed E-state index contributed by atoms with van der Waals surface area (Å²) in [7, 11) is 0. The summed E-state index contributed by atoms with van der Waals surface area (Å²) in [6.07, 6.45) is 3.68. The minimum absolute atomic E-state index is 0.437. The Bertz CT molecular complexity index is 440. The molecule has 2 nitrogen and oxygen atoms in total. The van der Waals surface area contributed by atoms with Crippen LogP contribution in [0.2, 0.25) is 5.32 Å². The van der Waals surface area contributed by atoms with Gasteiger partial charge in [-0.2, -0.15) is 0 Å². The number of nitriles is 2. The predicted octanol–water partition coefficient (Wildman–Crippen LogP) is 2.82. The second kappa shape index (κ2) is 7.72. The van der Waals surface area contributed by atoms with Gasteiger partial charge < -0.3 is 0 Å². The number of allylic oxidation sites excluding steroid dienone is 1. The first-order valence-electron chi connectivity index (χ1n) is 5.87. The third kappa shape index (κ3) is 4.38. The van der Waals surface area contributed by atoms with Crippen LogP contribution in [0.5, 0.6) is 0 Å². The molecule has 0 aliphatic rings. The summed E-state index contributed by atoms with van der Waals surface area (Å²) in [4.78, 5) is 0. The Morgan fingerprint density at radius 3 is 2.44 bits per heavy atom. The van der Waals surface area contributed by atoms with E-state index >= 15 is 0 Å². The topological polar surface area (TPSA) is 47.6 Å². The first kappa shape index (κ1) is 14.5. The molecule has 0 aliphatic carbocycles. The Hall–Kier alpha value is -1.54. The molecule has 0 fully saturated rings.